The van der Waals surface area contributed by atoms with Gasteiger partial charge in [-0.05, 0) is 11.3 Å². The van der Waals surface area contributed by atoms with Crippen LogP contribution in [0.4, 0.5) is 11.6 Å². The second kappa shape index (κ2) is 9.88. The molecule has 1 aromatic heterocycles. The van der Waals surface area contributed by atoms with E-state index in [0.717, 1.165) is 38.4 Å². The Hall–Kier alpha value is -2.96. The molecule has 1 heterocycles. The average molecular weight is 321 g/mol. The lowest BCUT2D eigenvalue weighted by Gasteiger charge is -2.03. The highest BCUT2D eigenvalue weighted by Gasteiger charge is 2.16. The summed E-state index contributed by atoms with van der Waals surface area (Å²) in [5.74, 6) is -1.20. The Balaban J connectivity index is 2.48. The SMILES string of the molecule is CCCCCCCNC(=O)C(C#N)=NNc1nc[nH]c1[N+](=O)[O-]. The van der Waals surface area contributed by atoms with Crippen molar-refractivity contribution in [2.75, 3.05) is 12.0 Å². The Bertz CT molecular complexity index is 603. The molecule has 0 saturated heterocycles. The standard InChI is InChI=1S/C13H19N7O3/c1-2-3-4-5-6-7-15-13(21)10(8-14)18-19-11-12(20(22)23)17-9-16-11/h9,19H,2-7H2,1H3,(H,15,21)(H,16,17). The van der Waals surface area contributed by atoms with E-state index >= 15 is 0 Å². The summed E-state index contributed by atoms with van der Waals surface area (Å²) in [6.45, 7) is 2.57. The number of amides is 1. The third-order valence-electron chi connectivity index (χ3n) is 2.96. The fourth-order valence-electron chi connectivity index (χ4n) is 1.76. The van der Waals surface area contributed by atoms with Crippen LogP contribution in [-0.4, -0.2) is 33.1 Å². The van der Waals surface area contributed by atoms with E-state index in [1.54, 1.807) is 6.07 Å². The van der Waals surface area contributed by atoms with Crippen LogP contribution in [0.5, 0.6) is 0 Å². The predicted octanol–water partition coefficient (Wildman–Crippen LogP) is 1.70. The smallest absolute Gasteiger partial charge is 0.358 e. The first-order valence-electron chi connectivity index (χ1n) is 7.29. The molecular weight excluding hydrogens is 302 g/mol. The summed E-state index contributed by atoms with van der Waals surface area (Å²) < 4.78 is 0. The molecular formula is C13H19N7O3. The number of nitriles is 1. The van der Waals surface area contributed by atoms with Crippen molar-refractivity contribution in [3.05, 3.63) is 16.4 Å². The minimum absolute atomic E-state index is 0.171. The number of aromatic amines is 1. The van der Waals surface area contributed by atoms with Gasteiger partial charge in [0.1, 0.15) is 6.07 Å². The van der Waals surface area contributed by atoms with Gasteiger partial charge in [-0.2, -0.15) is 15.3 Å². The van der Waals surface area contributed by atoms with Crippen LogP contribution < -0.4 is 10.7 Å². The maximum Gasteiger partial charge on any atom is 0.366 e. The molecule has 0 saturated carbocycles. The van der Waals surface area contributed by atoms with Crippen LogP contribution in [0.15, 0.2) is 11.4 Å². The largest absolute Gasteiger partial charge is 0.366 e. The number of nitrogens with zero attached hydrogens (tertiary/aromatic N) is 4. The molecule has 0 aromatic carbocycles. The summed E-state index contributed by atoms with van der Waals surface area (Å²) in [4.78, 5) is 27.7. The van der Waals surface area contributed by atoms with Gasteiger partial charge in [0.2, 0.25) is 11.5 Å². The molecule has 0 atom stereocenters. The van der Waals surface area contributed by atoms with Crippen molar-refractivity contribution in [2.24, 2.45) is 5.10 Å². The predicted molar refractivity (Wildman–Crippen MR) is 83.7 cm³/mol. The summed E-state index contributed by atoms with van der Waals surface area (Å²) in [5.41, 5.74) is 1.82. The first-order valence-corrected chi connectivity index (χ1v) is 7.29. The van der Waals surface area contributed by atoms with Crippen molar-refractivity contribution >= 4 is 23.3 Å². The van der Waals surface area contributed by atoms with E-state index in [9.17, 15) is 14.9 Å². The minimum Gasteiger partial charge on any atom is -0.358 e. The van der Waals surface area contributed by atoms with Gasteiger partial charge in [-0.15, -0.1) is 0 Å². The van der Waals surface area contributed by atoms with Crippen molar-refractivity contribution in [3.8, 4) is 6.07 Å². The summed E-state index contributed by atoms with van der Waals surface area (Å²) >= 11 is 0. The van der Waals surface area contributed by atoms with Gasteiger partial charge >= 0.3 is 5.82 Å². The van der Waals surface area contributed by atoms with Crippen LogP contribution in [0.1, 0.15) is 39.0 Å². The van der Waals surface area contributed by atoms with Crippen molar-refractivity contribution in [1.82, 2.24) is 15.3 Å². The van der Waals surface area contributed by atoms with E-state index < -0.39 is 22.4 Å². The van der Waals surface area contributed by atoms with Gasteiger partial charge in [-0.3, -0.25) is 10.2 Å². The summed E-state index contributed by atoms with van der Waals surface area (Å²) in [5, 5.41) is 25.8. The van der Waals surface area contributed by atoms with Crippen LogP contribution in [0.2, 0.25) is 0 Å². The van der Waals surface area contributed by atoms with E-state index in [2.05, 4.69) is 32.7 Å². The maximum atomic E-state index is 11.8. The number of hydrogen-bond donors (Lipinski definition) is 3. The number of imidazole rings is 1. The fourth-order valence-corrected chi connectivity index (χ4v) is 1.76. The second-order valence-electron chi connectivity index (χ2n) is 4.71. The van der Waals surface area contributed by atoms with Gasteiger partial charge in [0.25, 0.3) is 5.91 Å². The summed E-state index contributed by atoms with van der Waals surface area (Å²) in [7, 11) is 0. The molecule has 1 aromatic rings. The Labute approximate surface area is 133 Å². The third-order valence-corrected chi connectivity index (χ3v) is 2.96. The van der Waals surface area contributed by atoms with Gasteiger partial charge in [-0.1, -0.05) is 32.6 Å². The van der Waals surface area contributed by atoms with E-state index in [-0.39, 0.29) is 5.82 Å². The van der Waals surface area contributed by atoms with Crippen molar-refractivity contribution in [2.45, 2.75) is 39.0 Å². The second-order valence-corrected chi connectivity index (χ2v) is 4.71. The fraction of sp³-hybridized carbons (Fsp3) is 0.538. The van der Waals surface area contributed by atoms with Gasteiger partial charge in [-0.25, -0.2) is 4.98 Å². The third kappa shape index (κ3) is 6.13. The molecule has 0 radical (unpaired) electrons. The van der Waals surface area contributed by atoms with Crippen LogP contribution >= 0.6 is 0 Å². The molecule has 10 nitrogen and oxygen atoms in total. The molecule has 1 amide bonds. The minimum atomic E-state index is -0.687. The maximum absolute atomic E-state index is 11.8. The lowest BCUT2D eigenvalue weighted by atomic mass is 10.1. The highest BCUT2D eigenvalue weighted by molar-refractivity contribution is 6.45. The van der Waals surface area contributed by atoms with Crippen LogP contribution in [-0.2, 0) is 4.79 Å². The van der Waals surface area contributed by atoms with Crippen molar-refractivity contribution in [3.63, 3.8) is 0 Å². The highest BCUT2D eigenvalue weighted by atomic mass is 16.6. The number of unbranched alkanes of at least 4 members (excludes halogenated alkanes) is 4. The van der Waals surface area contributed by atoms with Crippen LogP contribution in [0.25, 0.3) is 0 Å². The van der Waals surface area contributed by atoms with Gasteiger partial charge in [0, 0.05) is 6.54 Å². The zero-order valence-corrected chi connectivity index (χ0v) is 12.8. The molecule has 0 aliphatic heterocycles. The van der Waals surface area contributed by atoms with E-state index in [1.165, 1.54) is 0 Å². The average Bonchev–Trinajstić information content (AvgIpc) is 3.00. The molecule has 0 fully saturated rings. The number of H-pyrrole nitrogens is 1. The molecule has 0 bridgehead atoms. The van der Waals surface area contributed by atoms with E-state index in [1.807, 2.05) is 0 Å². The molecule has 0 spiro atoms. The number of carbonyl (C=O) groups is 1. The molecule has 23 heavy (non-hydrogen) atoms. The zero-order valence-electron chi connectivity index (χ0n) is 12.8. The number of nitrogens with one attached hydrogen (secondary N) is 3. The summed E-state index contributed by atoms with van der Waals surface area (Å²) in [6, 6.07) is 1.64. The lowest BCUT2D eigenvalue weighted by Crippen LogP contribution is -2.31. The number of carbonyl (C=O) groups excluding carboxylic acids is 1. The van der Waals surface area contributed by atoms with Crippen molar-refractivity contribution in [1.29, 1.82) is 5.26 Å². The van der Waals surface area contributed by atoms with Gasteiger partial charge in [0.05, 0.1) is 0 Å². The normalized spacial score (nSPS) is 10.9. The molecule has 10 heteroatoms. The monoisotopic (exact) mass is 321 g/mol. The number of nitro groups is 1. The highest BCUT2D eigenvalue weighted by Crippen LogP contribution is 2.17. The topological polar surface area (TPSA) is 149 Å². The lowest BCUT2D eigenvalue weighted by molar-refractivity contribution is -0.388. The van der Waals surface area contributed by atoms with E-state index in [0.29, 0.717) is 6.54 Å². The van der Waals surface area contributed by atoms with Gasteiger partial charge < -0.3 is 15.4 Å². The quantitative estimate of drug-likeness (QED) is 0.258. The number of aromatic nitrogens is 2. The Morgan fingerprint density at radius 1 is 1.48 bits per heavy atom. The molecule has 0 unspecified atom stereocenters. The number of anilines is 1. The Morgan fingerprint density at radius 2 is 2.22 bits per heavy atom. The molecule has 0 aliphatic carbocycles. The van der Waals surface area contributed by atoms with Gasteiger partial charge in [0.15, 0.2) is 6.33 Å². The van der Waals surface area contributed by atoms with Crippen molar-refractivity contribution < 1.29 is 9.72 Å². The number of rotatable bonds is 10. The Morgan fingerprint density at radius 3 is 2.87 bits per heavy atom. The number of hydrazone groups is 1. The first-order chi connectivity index (χ1) is 11.1. The van der Waals surface area contributed by atoms with E-state index in [4.69, 9.17) is 5.26 Å². The zero-order chi connectivity index (χ0) is 17.1. The molecule has 0 aliphatic rings. The molecule has 3 N–H and O–H groups in total. The Kier molecular flexibility index (Phi) is 7.77. The number of hydrogen-bond acceptors (Lipinski definition) is 7. The van der Waals surface area contributed by atoms with Crippen LogP contribution in [0, 0.1) is 21.4 Å². The molecule has 1 rings (SSSR count). The molecule has 124 valence electrons. The summed E-state index contributed by atoms with van der Waals surface area (Å²) in [6.07, 6.45) is 6.34. The first kappa shape index (κ1) is 18.1. The van der Waals surface area contributed by atoms with Crippen LogP contribution in [0.3, 0.4) is 0 Å².